The fraction of sp³-hybridized carbons (Fsp3) is 0.684. The molecule has 0 aliphatic heterocycles. The first-order valence-corrected chi connectivity index (χ1v) is 9.87. The fourth-order valence-corrected chi connectivity index (χ4v) is 4.55. The van der Waals surface area contributed by atoms with Crippen molar-refractivity contribution in [2.75, 3.05) is 5.32 Å². The van der Waals surface area contributed by atoms with Gasteiger partial charge in [0.2, 0.25) is 5.91 Å². The third-order valence-electron chi connectivity index (χ3n) is 4.62. The number of carbonyl (C=O) groups excluding carboxylic acids is 2. The molecule has 1 saturated carbocycles. The third kappa shape index (κ3) is 4.82. The number of carbonyl (C=O) groups is 2. The maximum Gasteiger partial charge on any atom is 0.341 e. The molecule has 1 N–H and O–H groups in total. The van der Waals surface area contributed by atoms with E-state index in [1.54, 1.807) is 0 Å². The zero-order chi connectivity index (χ0) is 17.7. The van der Waals surface area contributed by atoms with Gasteiger partial charge in [0.25, 0.3) is 0 Å². The summed E-state index contributed by atoms with van der Waals surface area (Å²) in [6.45, 7) is 7.68. The van der Waals surface area contributed by atoms with Crippen LogP contribution in [0.2, 0.25) is 0 Å². The third-order valence-corrected chi connectivity index (χ3v) is 5.68. The van der Waals surface area contributed by atoms with Crippen LogP contribution in [0, 0.1) is 12.8 Å². The molecule has 1 heterocycles. The number of hydrogen-bond donors (Lipinski definition) is 1. The Morgan fingerprint density at radius 1 is 1.29 bits per heavy atom. The summed E-state index contributed by atoms with van der Waals surface area (Å²) in [4.78, 5) is 25.8. The molecule has 1 aliphatic rings. The van der Waals surface area contributed by atoms with Gasteiger partial charge in [0.1, 0.15) is 5.00 Å². The van der Waals surface area contributed by atoms with Gasteiger partial charge in [-0.2, -0.15) is 0 Å². The second-order valence-corrected chi connectivity index (χ2v) is 8.11. The number of anilines is 1. The number of rotatable bonds is 7. The molecule has 0 unspecified atom stereocenters. The normalized spacial score (nSPS) is 15.0. The molecule has 134 valence electrons. The van der Waals surface area contributed by atoms with Crippen LogP contribution in [0.4, 0.5) is 5.00 Å². The smallest absolute Gasteiger partial charge is 0.341 e. The van der Waals surface area contributed by atoms with Gasteiger partial charge in [-0.05, 0) is 45.1 Å². The molecule has 1 aromatic heterocycles. The van der Waals surface area contributed by atoms with Crippen molar-refractivity contribution in [3.05, 3.63) is 16.0 Å². The van der Waals surface area contributed by atoms with Crippen molar-refractivity contribution in [1.82, 2.24) is 0 Å². The minimum absolute atomic E-state index is 0.00407. The Morgan fingerprint density at radius 2 is 1.96 bits per heavy atom. The van der Waals surface area contributed by atoms with Gasteiger partial charge in [0, 0.05) is 11.3 Å². The number of amides is 1. The van der Waals surface area contributed by atoms with E-state index in [0.29, 0.717) is 22.9 Å². The highest BCUT2D eigenvalue weighted by molar-refractivity contribution is 7.16. The van der Waals surface area contributed by atoms with Crippen molar-refractivity contribution in [2.24, 2.45) is 5.92 Å². The van der Waals surface area contributed by atoms with E-state index in [9.17, 15) is 9.59 Å². The van der Waals surface area contributed by atoms with Gasteiger partial charge in [0.05, 0.1) is 11.7 Å². The maximum absolute atomic E-state index is 12.5. The summed E-state index contributed by atoms with van der Waals surface area (Å²) in [5, 5.41) is 3.61. The van der Waals surface area contributed by atoms with E-state index in [4.69, 9.17) is 4.74 Å². The zero-order valence-corrected chi connectivity index (χ0v) is 16.1. The Hall–Kier alpha value is -1.36. The van der Waals surface area contributed by atoms with Crippen LogP contribution < -0.4 is 5.32 Å². The SMILES string of the molecule is CCc1c(C)sc(NC(=O)CCC2CCCC2)c1C(=O)OC(C)C. The summed E-state index contributed by atoms with van der Waals surface area (Å²) in [5.41, 5.74) is 1.53. The van der Waals surface area contributed by atoms with E-state index in [-0.39, 0.29) is 18.0 Å². The summed E-state index contributed by atoms with van der Waals surface area (Å²) in [5.74, 6) is 0.360. The van der Waals surface area contributed by atoms with Crippen LogP contribution in [0.5, 0.6) is 0 Å². The lowest BCUT2D eigenvalue weighted by Crippen LogP contribution is -2.17. The highest BCUT2D eigenvalue weighted by atomic mass is 32.1. The Kier molecular flexibility index (Phi) is 6.84. The second-order valence-electron chi connectivity index (χ2n) is 6.89. The highest BCUT2D eigenvalue weighted by Gasteiger charge is 2.24. The largest absolute Gasteiger partial charge is 0.459 e. The maximum atomic E-state index is 12.5. The van der Waals surface area contributed by atoms with Crippen LogP contribution in [0.3, 0.4) is 0 Å². The number of nitrogens with one attached hydrogen (secondary N) is 1. The van der Waals surface area contributed by atoms with Crippen molar-refractivity contribution in [1.29, 1.82) is 0 Å². The lowest BCUT2D eigenvalue weighted by Gasteiger charge is -2.12. The number of aryl methyl sites for hydroxylation is 1. The molecule has 1 aliphatic carbocycles. The molecule has 0 radical (unpaired) electrons. The number of ether oxygens (including phenoxy) is 1. The average molecular weight is 352 g/mol. The Morgan fingerprint density at radius 3 is 2.54 bits per heavy atom. The van der Waals surface area contributed by atoms with Crippen LogP contribution >= 0.6 is 11.3 Å². The van der Waals surface area contributed by atoms with Crippen molar-refractivity contribution >= 4 is 28.2 Å². The van der Waals surface area contributed by atoms with E-state index in [1.165, 1.54) is 37.0 Å². The van der Waals surface area contributed by atoms with Crippen LogP contribution in [0.25, 0.3) is 0 Å². The van der Waals surface area contributed by atoms with Crippen molar-refractivity contribution in [3.63, 3.8) is 0 Å². The van der Waals surface area contributed by atoms with Crippen LogP contribution in [0.1, 0.15) is 80.1 Å². The predicted molar refractivity (Wildman–Crippen MR) is 98.8 cm³/mol. The molecular weight excluding hydrogens is 322 g/mol. The van der Waals surface area contributed by atoms with E-state index in [2.05, 4.69) is 5.32 Å². The van der Waals surface area contributed by atoms with Gasteiger partial charge in [0.15, 0.2) is 0 Å². The van der Waals surface area contributed by atoms with Crippen LogP contribution in [-0.4, -0.2) is 18.0 Å². The van der Waals surface area contributed by atoms with Crippen LogP contribution in [0.15, 0.2) is 0 Å². The highest BCUT2D eigenvalue weighted by Crippen LogP contribution is 2.35. The van der Waals surface area contributed by atoms with Gasteiger partial charge in [-0.3, -0.25) is 4.79 Å². The number of hydrogen-bond acceptors (Lipinski definition) is 4. The van der Waals surface area contributed by atoms with Gasteiger partial charge < -0.3 is 10.1 Å². The number of esters is 1. The zero-order valence-electron chi connectivity index (χ0n) is 15.2. The van der Waals surface area contributed by atoms with E-state index in [1.807, 2.05) is 27.7 Å². The molecule has 1 amide bonds. The van der Waals surface area contributed by atoms with E-state index < -0.39 is 0 Å². The standard InChI is InChI=1S/C19H29NO3S/c1-5-15-13(4)24-18(17(15)19(22)23-12(2)3)20-16(21)11-10-14-8-6-7-9-14/h12,14H,5-11H2,1-4H3,(H,20,21). The van der Waals surface area contributed by atoms with Crippen molar-refractivity contribution in [2.45, 2.75) is 78.7 Å². The molecule has 0 saturated heterocycles. The summed E-state index contributed by atoms with van der Waals surface area (Å²) >= 11 is 1.47. The first-order valence-electron chi connectivity index (χ1n) is 9.05. The lowest BCUT2D eigenvalue weighted by molar-refractivity contribution is -0.116. The molecule has 4 nitrogen and oxygen atoms in total. The fourth-order valence-electron chi connectivity index (χ4n) is 3.40. The summed E-state index contributed by atoms with van der Waals surface area (Å²) in [6, 6.07) is 0. The molecule has 0 atom stereocenters. The lowest BCUT2D eigenvalue weighted by atomic mass is 10.0. The summed E-state index contributed by atoms with van der Waals surface area (Å²) < 4.78 is 5.37. The molecule has 0 spiro atoms. The molecule has 5 heteroatoms. The summed E-state index contributed by atoms with van der Waals surface area (Å²) in [6.07, 6.45) is 7.14. The first kappa shape index (κ1) is 19.0. The summed E-state index contributed by atoms with van der Waals surface area (Å²) in [7, 11) is 0. The molecule has 0 bridgehead atoms. The Balaban J connectivity index is 2.07. The molecule has 2 rings (SSSR count). The quantitative estimate of drug-likeness (QED) is 0.696. The van der Waals surface area contributed by atoms with Gasteiger partial charge in [-0.1, -0.05) is 32.6 Å². The number of thiophene rings is 1. The first-order chi connectivity index (χ1) is 11.4. The van der Waals surface area contributed by atoms with Crippen molar-refractivity contribution in [3.8, 4) is 0 Å². The van der Waals surface area contributed by atoms with Gasteiger partial charge in [-0.25, -0.2) is 4.79 Å². The molecule has 1 fully saturated rings. The van der Waals surface area contributed by atoms with Crippen molar-refractivity contribution < 1.29 is 14.3 Å². The Labute approximate surface area is 149 Å². The van der Waals surface area contributed by atoms with E-state index >= 15 is 0 Å². The monoisotopic (exact) mass is 351 g/mol. The van der Waals surface area contributed by atoms with Gasteiger partial charge >= 0.3 is 5.97 Å². The predicted octanol–water partition coefficient (Wildman–Crippen LogP) is 5.09. The van der Waals surface area contributed by atoms with E-state index in [0.717, 1.165) is 23.3 Å². The minimum Gasteiger partial charge on any atom is -0.459 e. The molecule has 1 aromatic rings. The topological polar surface area (TPSA) is 55.4 Å². The molecule has 24 heavy (non-hydrogen) atoms. The molecule has 0 aromatic carbocycles. The second kappa shape index (κ2) is 8.65. The van der Waals surface area contributed by atoms with Crippen LogP contribution in [-0.2, 0) is 16.0 Å². The van der Waals surface area contributed by atoms with Gasteiger partial charge in [-0.15, -0.1) is 11.3 Å². The molecular formula is C19H29NO3S. The minimum atomic E-state index is -0.336. The average Bonchev–Trinajstić information content (AvgIpc) is 3.11. The Bertz CT molecular complexity index is 586.